The van der Waals surface area contributed by atoms with Gasteiger partial charge in [-0.2, -0.15) is 0 Å². The summed E-state index contributed by atoms with van der Waals surface area (Å²) in [7, 11) is 1.51. The molecule has 3 aliphatic rings. The highest BCUT2D eigenvalue weighted by Gasteiger charge is 2.76. The number of aliphatic hydroxyl groups excluding tert-OH is 1. The first-order valence-corrected chi connectivity index (χ1v) is 11.1. The number of anilines is 1. The number of likely N-dealkylation sites (tertiary alicyclic amines) is 1. The Balaban J connectivity index is 1.75. The van der Waals surface area contributed by atoms with Gasteiger partial charge in [0.2, 0.25) is 17.7 Å². The number of alkyl halides is 1. The minimum atomic E-state index is -1.15. The number of amides is 3. The summed E-state index contributed by atoms with van der Waals surface area (Å²) < 4.78 is 6.26. The van der Waals surface area contributed by atoms with Crippen LogP contribution in [0.5, 0.6) is 0 Å². The van der Waals surface area contributed by atoms with Gasteiger partial charge in [-0.1, -0.05) is 39.7 Å². The summed E-state index contributed by atoms with van der Waals surface area (Å²) in [5.74, 6) is -2.59. The van der Waals surface area contributed by atoms with Gasteiger partial charge in [0.15, 0.2) is 0 Å². The fourth-order valence-electron chi connectivity index (χ4n) is 5.23. The number of para-hydroxylation sites is 1. The molecule has 10 heteroatoms. The number of carbonyl (C=O) groups excluding carboxylic acids is 3. The van der Waals surface area contributed by atoms with Gasteiger partial charge in [-0.25, -0.2) is 0 Å². The van der Waals surface area contributed by atoms with E-state index in [4.69, 9.17) is 16.3 Å². The van der Waals surface area contributed by atoms with Gasteiger partial charge in [-0.05, 0) is 25.0 Å². The van der Waals surface area contributed by atoms with E-state index in [1.165, 1.54) is 11.9 Å². The van der Waals surface area contributed by atoms with Gasteiger partial charge in [0, 0.05) is 18.4 Å². The maximum Gasteiger partial charge on any atom is 0.250 e. The van der Waals surface area contributed by atoms with Gasteiger partial charge in [0.05, 0.1) is 35.3 Å². The first-order chi connectivity index (χ1) is 14.3. The zero-order valence-corrected chi connectivity index (χ0v) is 18.9. The predicted molar refractivity (Wildman–Crippen MR) is 113 cm³/mol. The van der Waals surface area contributed by atoms with E-state index in [0.29, 0.717) is 17.1 Å². The van der Waals surface area contributed by atoms with E-state index < -0.39 is 35.5 Å². The number of fused-ring (bicyclic) bond motifs is 1. The Morgan fingerprint density at radius 1 is 1.40 bits per heavy atom. The molecule has 3 N–H and O–H groups in total. The molecule has 0 aromatic heterocycles. The maximum absolute atomic E-state index is 13.5. The van der Waals surface area contributed by atoms with Crippen molar-refractivity contribution in [2.24, 2.45) is 11.8 Å². The van der Waals surface area contributed by atoms with E-state index in [0.717, 1.165) is 5.56 Å². The van der Waals surface area contributed by atoms with Crippen molar-refractivity contribution in [1.82, 2.24) is 10.2 Å². The lowest BCUT2D eigenvalue weighted by Crippen LogP contribution is -2.54. The van der Waals surface area contributed by atoms with Crippen LogP contribution in [0.1, 0.15) is 12.0 Å². The summed E-state index contributed by atoms with van der Waals surface area (Å²) in [5, 5.41) is 15.4. The quantitative estimate of drug-likeness (QED) is 0.524. The van der Waals surface area contributed by atoms with Gasteiger partial charge in [-0.3, -0.25) is 14.4 Å². The number of benzene rings is 1. The van der Waals surface area contributed by atoms with Gasteiger partial charge >= 0.3 is 0 Å². The van der Waals surface area contributed by atoms with Crippen LogP contribution in [0.4, 0.5) is 5.69 Å². The number of hydrogen-bond donors (Lipinski definition) is 3. The largest absolute Gasteiger partial charge is 0.395 e. The van der Waals surface area contributed by atoms with E-state index >= 15 is 0 Å². The number of ether oxygens (including phenoxy) is 1. The Bertz CT molecular complexity index is 894. The third kappa shape index (κ3) is 2.97. The van der Waals surface area contributed by atoms with Crippen LogP contribution < -0.4 is 10.6 Å². The number of nitrogens with zero attached hydrogens (tertiary/aromatic N) is 1. The lowest BCUT2D eigenvalue weighted by atomic mass is 9.70. The molecule has 3 amide bonds. The van der Waals surface area contributed by atoms with Crippen LogP contribution in [-0.2, 0) is 19.1 Å². The molecule has 4 rings (SSSR count). The molecule has 3 saturated heterocycles. The van der Waals surface area contributed by atoms with Crippen molar-refractivity contribution in [3.05, 3.63) is 28.8 Å². The highest BCUT2D eigenvalue weighted by atomic mass is 79.9. The molecule has 1 spiro atoms. The Kier molecular flexibility index (Phi) is 5.59. The minimum absolute atomic E-state index is 0.0296. The van der Waals surface area contributed by atoms with Crippen molar-refractivity contribution in [1.29, 1.82) is 0 Å². The number of nitrogens with one attached hydrogen (secondary N) is 2. The molecule has 6 atom stereocenters. The van der Waals surface area contributed by atoms with Gasteiger partial charge in [-0.15, -0.1) is 0 Å². The Morgan fingerprint density at radius 3 is 2.77 bits per heavy atom. The molecule has 8 nitrogen and oxygen atoms in total. The van der Waals surface area contributed by atoms with Crippen LogP contribution in [0.15, 0.2) is 18.2 Å². The summed E-state index contributed by atoms with van der Waals surface area (Å²) in [6.45, 7) is 1.48. The van der Waals surface area contributed by atoms with E-state index in [9.17, 15) is 19.5 Å². The third-order valence-corrected chi connectivity index (χ3v) is 7.56. The summed E-state index contributed by atoms with van der Waals surface area (Å²) in [6, 6.07) is 4.29. The second-order valence-corrected chi connectivity index (χ2v) is 9.54. The van der Waals surface area contributed by atoms with Crippen molar-refractivity contribution in [2.45, 2.75) is 35.9 Å². The molecular weight excluding hydrogens is 478 g/mol. The fraction of sp³-hybridized carbons (Fsp3) is 0.550. The normalized spacial score (nSPS) is 34.2. The lowest BCUT2D eigenvalue weighted by molar-refractivity contribution is -0.141. The number of carbonyl (C=O) groups is 3. The molecule has 30 heavy (non-hydrogen) atoms. The first-order valence-electron chi connectivity index (χ1n) is 9.77. The van der Waals surface area contributed by atoms with E-state index in [-0.39, 0.29) is 29.8 Å². The molecule has 0 radical (unpaired) electrons. The number of hydrogen-bond acceptors (Lipinski definition) is 5. The van der Waals surface area contributed by atoms with Crippen LogP contribution in [-0.4, -0.2) is 70.5 Å². The number of aryl methyl sites for hydroxylation is 1. The molecule has 3 aliphatic heterocycles. The molecule has 0 aliphatic carbocycles. The molecule has 1 aromatic carbocycles. The van der Waals surface area contributed by atoms with Crippen LogP contribution in [0.2, 0.25) is 5.02 Å². The molecule has 2 bridgehead atoms. The zero-order valence-electron chi connectivity index (χ0n) is 16.5. The third-order valence-electron chi connectivity index (χ3n) is 6.40. The van der Waals surface area contributed by atoms with Gasteiger partial charge in [0.25, 0.3) is 0 Å². The molecule has 0 saturated carbocycles. The van der Waals surface area contributed by atoms with Crippen molar-refractivity contribution in [3.8, 4) is 0 Å². The minimum Gasteiger partial charge on any atom is -0.395 e. The topological polar surface area (TPSA) is 108 Å². The van der Waals surface area contributed by atoms with Gasteiger partial charge < -0.3 is 25.4 Å². The smallest absolute Gasteiger partial charge is 0.250 e. The second-order valence-electron chi connectivity index (χ2n) is 7.95. The maximum atomic E-state index is 13.5. The predicted octanol–water partition coefficient (Wildman–Crippen LogP) is 1.07. The molecule has 3 unspecified atom stereocenters. The Labute approximate surface area is 187 Å². The van der Waals surface area contributed by atoms with E-state index in [2.05, 4.69) is 26.6 Å². The summed E-state index contributed by atoms with van der Waals surface area (Å²) in [4.78, 5) is 40.6. The second kappa shape index (κ2) is 7.78. The Morgan fingerprint density at radius 2 is 2.13 bits per heavy atom. The SMILES string of the molecule is CNC(=O)[C@H]1[C@@H]2OC3(CC2Br)C(C(=O)Nc2c(C)cccc2Cl)N(CCO)C(=O)[C@H]13. The average Bonchev–Trinajstić information content (AvgIpc) is 3.28. The standard InChI is InChI=1S/C20H23BrClN3O5/c1-9-4-3-5-11(22)14(9)24-18(28)16-20-8-10(21)15(30-20)12(17(27)23-2)13(20)19(29)25(16)6-7-26/h3-5,10,12-13,15-16,26H,6-8H2,1-2H3,(H,23,27)(H,24,28)/t10?,12-,13+,15-,16?,20?/m1/s1. The number of rotatable bonds is 5. The molecule has 3 fully saturated rings. The number of aliphatic hydroxyl groups is 1. The summed E-state index contributed by atoms with van der Waals surface area (Å²) in [6.07, 6.45) is -0.101. The van der Waals surface area contributed by atoms with Crippen LogP contribution in [0.3, 0.4) is 0 Å². The monoisotopic (exact) mass is 499 g/mol. The molecule has 3 heterocycles. The van der Waals surface area contributed by atoms with E-state index in [1.54, 1.807) is 12.1 Å². The lowest BCUT2D eigenvalue weighted by Gasteiger charge is -2.34. The highest BCUT2D eigenvalue weighted by molar-refractivity contribution is 9.09. The zero-order chi connectivity index (χ0) is 21.8. The van der Waals surface area contributed by atoms with E-state index in [1.807, 2.05) is 13.0 Å². The number of halogens is 2. The van der Waals surface area contributed by atoms with Crippen molar-refractivity contribution < 1.29 is 24.2 Å². The van der Waals surface area contributed by atoms with Crippen LogP contribution in [0.25, 0.3) is 0 Å². The van der Waals surface area contributed by atoms with Crippen molar-refractivity contribution in [3.63, 3.8) is 0 Å². The molecule has 162 valence electrons. The molecular formula is C20H23BrClN3O5. The van der Waals surface area contributed by atoms with Crippen molar-refractivity contribution in [2.75, 3.05) is 25.5 Å². The fourth-order valence-corrected chi connectivity index (χ4v) is 6.44. The highest BCUT2D eigenvalue weighted by Crippen LogP contribution is 2.60. The van der Waals surface area contributed by atoms with Crippen LogP contribution >= 0.6 is 27.5 Å². The molecule has 1 aromatic rings. The van der Waals surface area contributed by atoms with Gasteiger partial charge in [0.1, 0.15) is 11.6 Å². The first kappa shape index (κ1) is 21.5. The Hall–Kier alpha value is -1.68. The number of β-amino-alcohol motifs (C(OH)–C–C–N with tert-alkyl or cyclic N) is 1. The van der Waals surface area contributed by atoms with Crippen molar-refractivity contribution >= 4 is 50.9 Å². The summed E-state index contributed by atoms with van der Waals surface area (Å²) >= 11 is 9.85. The average molecular weight is 501 g/mol. The summed E-state index contributed by atoms with van der Waals surface area (Å²) in [5.41, 5.74) is 0.0917. The van der Waals surface area contributed by atoms with Crippen LogP contribution in [0, 0.1) is 18.8 Å².